The minimum Gasteiger partial charge on any atom is -0.458 e. The van der Waals surface area contributed by atoms with Crippen LogP contribution in [0.25, 0.3) is 11.3 Å². The number of amides is 4. The molecule has 0 fully saturated rings. The predicted molar refractivity (Wildman–Crippen MR) is 211 cm³/mol. The standard InChI is InChI=1S/C41H57N7O8/c1-26(42)37(51)56-32(31(23-27-15-11-10-12-16-27)44-35(49)33(40(2,3)4)45-38(52)54-8)25-48(47-36(50)34(41(5,6)7)46-39(53)55-9)24-28-18-20-29(21-19-28)30-17-13-14-22-43-30/h10-22,26,31-34H,23-25,42H2,1-9H3,(H,44,49)(H,45,52)(H,46,53)(H,47,50)/t26-,31+,32+,33-,34-/m1/s1. The van der Waals surface area contributed by atoms with E-state index in [4.69, 9.17) is 19.9 Å². The smallest absolute Gasteiger partial charge is 0.407 e. The van der Waals surface area contributed by atoms with E-state index in [1.54, 1.807) is 52.7 Å². The number of ether oxygens (including phenoxy) is 3. The van der Waals surface area contributed by atoms with Crippen LogP contribution in [0, 0.1) is 10.8 Å². The van der Waals surface area contributed by atoms with Crippen LogP contribution in [0.3, 0.4) is 0 Å². The summed E-state index contributed by atoms with van der Waals surface area (Å²) in [5.41, 5.74) is 10.7. The van der Waals surface area contributed by atoms with Crippen molar-refractivity contribution in [1.82, 2.24) is 31.4 Å². The van der Waals surface area contributed by atoms with Gasteiger partial charge in [-0.15, -0.1) is 0 Å². The number of hydrazine groups is 1. The molecule has 3 aromatic rings. The summed E-state index contributed by atoms with van der Waals surface area (Å²) in [6.07, 6.45) is -0.811. The minimum atomic E-state index is -1.12. The molecule has 304 valence electrons. The molecule has 56 heavy (non-hydrogen) atoms. The number of carbonyl (C=O) groups is 5. The molecule has 4 amide bonds. The second-order valence-electron chi connectivity index (χ2n) is 15.7. The van der Waals surface area contributed by atoms with E-state index in [2.05, 4.69) is 26.4 Å². The summed E-state index contributed by atoms with van der Waals surface area (Å²) >= 11 is 0. The third-order valence-corrected chi connectivity index (χ3v) is 8.82. The largest absolute Gasteiger partial charge is 0.458 e. The maximum atomic E-state index is 14.1. The second-order valence-corrected chi connectivity index (χ2v) is 15.7. The number of nitrogens with one attached hydrogen (secondary N) is 4. The molecule has 0 unspecified atom stereocenters. The molecule has 0 radical (unpaired) electrons. The number of nitrogens with zero attached hydrogens (tertiary/aromatic N) is 2. The van der Waals surface area contributed by atoms with Gasteiger partial charge in [0.2, 0.25) is 5.91 Å². The highest BCUT2D eigenvalue weighted by molar-refractivity contribution is 5.87. The first-order chi connectivity index (χ1) is 26.3. The highest BCUT2D eigenvalue weighted by Crippen LogP contribution is 2.23. The van der Waals surface area contributed by atoms with Crippen LogP contribution >= 0.6 is 0 Å². The predicted octanol–water partition coefficient (Wildman–Crippen LogP) is 4.11. The molecule has 15 nitrogen and oxygen atoms in total. The van der Waals surface area contributed by atoms with Crippen molar-refractivity contribution in [1.29, 1.82) is 0 Å². The number of hydrogen-bond donors (Lipinski definition) is 5. The Bertz CT molecular complexity index is 1740. The van der Waals surface area contributed by atoms with E-state index in [1.165, 1.54) is 21.1 Å². The van der Waals surface area contributed by atoms with Gasteiger partial charge in [-0.25, -0.2) is 14.6 Å². The molecule has 0 aliphatic heterocycles. The Labute approximate surface area is 329 Å². The first-order valence-corrected chi connectivity index (χ1v) is 18.4. The van der Waals surface area contributed by atoms with Crippen LogP contribution in [-0.4, -0.2) is 91.0 Å². The van der Waals surface area contributed by atoms with Crippen LogP contribution in [0.5, 0.6) is 0 Å². The number of hydrogen-bond acceptors (Lipinski definition) is 11. The first kappa shape index (κ1) is 44.9. The Morgan fingerprint density at radius 2 is 1.29 bits per heavy atom. The van der Waals surface area contributed by atoms with Crippen LogP contribution < -0.4 is 27.1 Å². The van der Waals surface area contributed by atoms with Gasteiger partial charge < -0.3 is 35.9 Å². The highest BCUT2D eigenvalue weighted by atomic mass is 16.6. The Balaban J connectivity index is 2.12. The molecular weight excluding hydrogens is 718 g/mol. The maximum absolute atomic E-state index is 14.1. The van der Waals surface area contributed by atoms with E-state index in [0.717, 1.165) is 22.4 Å². The van der Waals surface area contributed by atoms with E-state index in [9.17, 15) is 24.0 Å². The molecule has 0 aliphatic carbocycles. The topological polar surface area (TPSA) is 203 Å². The average Bonchev–Trinajstić information content (AvgIpc) is 3.15. The van der Waals surface area contributed by atoms with E-state index >= 15 is 0 Å². The van der Waals surface area contributed by atoms with Crippen LogP contribution in [0.2, 0.25) is 0 Å². The van der Waals surface area contributed by atoms with Gasteiger partial charge in [-0.1, -0.05) is 102 Å². The van der Waals surface area contributed by atoms with Crippen LogP contribution in [0.1, 0.15) is 59.6 Å². The van der Waals surface area contributed by atoms with Gasteiger partial charge in [0.25, 0.3) is 5.91 Å². The number of methoxy groups -OCH3 is 2. The van der Waals surface area contributed by atoms with Crippen LogP contribution in [0.4, 0.5) is 9.59 Å². The van der Waals surface area contributed by atoms with Gasteiger partial charge in [-0.05, 0) is 47.4 Å². The summed E-state index contributed by atoms with van der Waals surface area (Å²) in [6, 6.07) is 18.4. The van der Waals surface area contributed by atoms with Crippen molar-refractivity contribution in [3.05, 3.63) is 90.1 Å². The fraction of sp³-hybridized carbons (Fsp3) is 0.463. The number of rotatable bonds is 16. The van der Waals surface area contributed by atoms with Crippen molar-refractivity contribution in [2.24, 2.45) is 16.6 Å². The summed E-state index contributed by atoms with van der Waals surface area (Å²) < 4.78 is 15.7. The molecule has 0 spiro atoms. The van der Waals surface area contributed by atoms with Gasteiger partial charge in [0.1, 0.15) is 24.2 Å². The quantitative estimate of drug-likeness (QED) is 0.0796. The molecule has 0 aliphatic rings. The number of aromatic nitrogens is 1. The minimum absolute atomic E-state index is 0.107. The van der Waals surface area contributed by atoms with Gasteiger partial charge in [0, 0.05) is 18.3 Å². The van der Waals surface area contributed by atoms with Gasteiger partial charge in [0.05, 0.1) is 32.5 Å². The van der Waals surface area contributed by atoms with Crippen LogP contribution in [0.15, 0.2) is 79.0 Å². The van der Waals surface area contributed by atoms with Gasteiger partial charge >= 0.3 is 18.2 Å². The van der Waals surface area contributed by atoms with Crippen molar-refractivity contribution in [3.63, 3.8) is 0 Å². The Hall–Kier alpha value is -5.54. The molecule has 15 heteroatoms. The third-order valence-electron chi connectivity index (χ3n) is 8.82. The third kappa shape index (κ3) is 13.9. The van der Waals surface area contributed by atoms with E-state index in [-0.39, 0.29) is 19.5 Å². The summed E-state index contributed by atoms with van der Waals surface area (Å²) in [6.45, 7) is 12.2. The summed E-state index contributed by atoms with van der Waals surface area (Å²) in [5.74, 6) is -1.86. The fourth-order valence-electron chi connectivity index (χ4n) is 5.74. The van der Waals surface area contributed by atoms with Gasteiger partial charge in [-0.3, -0.25) is 24.8 Å². The molecule has 0 saturated carbocycles. The normalized spacial score (nSPS) is 14.3. The lowest BCUT2D eigenvalue weighted by Gasteiger charge is -2.37. The van der Waals surface area contributed by atoms with Crippen molar-refractivity contribution in [2.75, 3.05) is 20.8 Å². The Morgan fingerprint density at radius 3 is 1.79 bits per heavy atom. The number of esters is 1. The van der Waals surface area contributed by atoms with Crippen molar-refractivity contribution in [3.8, 4) is 11.3 Å². The molecule has 0 saturated heterocycles. The number of alkyl carbamates (subject to hydrolysis) is 2. The van der Waals surface area contributed by atoms with Crippen molar-refractivity contribution < 1.29 is 38.2 Å². The monoisotopic (exact) mass is 775 g/mol. The summed E-state index contributed by atoms with van der Waals surface area (Å²) in [7, 11) is 2.41. The SMILES string of the molecule is COC(=O)N[C@H](C(=O)N[C@@H](Cc1ccccc1)[C@H](CN(Cc1ccc(-c2ccccn2)cc1)NC(=O)[C@@H](NC(=O)OC)C(C)(C)C)OC(=O)[C@@H](C)N)C(C)(C)C. The molecule has 6 N–H and O–H groups in total. The van der Waals surface area contributed by atoms with E-state index in [0.29, 0.717) is 0 Å². The average molecular weight is 776 g/mol. The molecule has 2 aromatic carbocycles. The van der Waals surface area contributed by atoms with E-state index < -0.39 is 71.1 Å². The van der Waals surface area contributed by atoms with Gasteiger partial charge in [-0.2, -0.15) is 0 Å². The molecule has 1 heterocycles. The Kier molecular flexibility index (Phi) is 16.3. The van der Waals surface area contributed by atoms with Gasteiger partial charge in [0.15, 0.2) is 0 Å². The van der Waals surface area contributed by atoms with Crippen LogP contribution in [-0.2, 0) is 41.6 Å². The second kappa shape index (κ2) is 20.4. The zero-order chi connectivity index (χ0) is 41.6. The number of pyridine rings is 1. The number of benzene rings is 2. The molecular formula is C41H57N7O8. The maximum Gasteiger partial charge on any atom is 0.407 e. The summed E-state index contributed by atoms with van der Waals surface area (Å²) in [5, 5.41) is 9.83. The van der Waals surface area contributed by atoms with Crippen molar-refractivity contribution in [2.45, 2.75) is 91.7 Å². The zero-order valence-corrected chi connectivity index (χ0v) is 33.8. The molecule has 1 aromatic heterocycles. The lowest BCUT2D eigenvalue weighted by Crippen LogP contribution is -2.61. The molecule has 3 rings (SSSR count). The lowest BCUT2D eigenvalue weighted by molar-refractivity contribution is -0.155. The van der Waals surface area contributed by atoms with E-state index in [1.807, 2.05) is 72.8 Å². The lowest BCUT2D eigenvalue weighted by atomic mass is 9.85. The fourth-order valence-corrected chi connectivity index (χ4v) is 5.74. The van der Waals surface area contributed by atoms with Crippen molar-refractivity contribution >= 4 is 30.0 Å². The Morgan fingerprint density at radius 1 is 0.732 bits per heavy atom. The number of carbonyl (C=O) groups excluding carboxylic acids is 5. The molecule has 0 bridgehead atoms. The highest BCUT2D eigenvalue weighted by Gasteiger charge is 2.39. The molecule has 5 atom stereocenters. The summed E-state index contributed by atoms with van der Waals surface area (Å²) in [4.78, 5) is 70.6. The zero-order valence-electron chi connectivity index (χ0n) is 33.8. The number of nitrogens with two attached hydrogens (primary N) is 1. The first-order valence-electron chi connectivity index (χ1n) is 18.4.